The van der Waals surface area contributed by atoms with Crippen molar-refractivity contribution in [2.45, 2.75) is 12.8 Å². The monoisotopic (exact) mass is 174 g/mol. The SMILES string of the molecule is CN1[CH]CC(=O)Cc2ccccc21. The topological polar surface area (TPSA) is 20.3 Å². The van der Waals surface area contributed by atoms with Gasteiger partial charge in [-0.05, 0) is 11.6 Å². The van der Waals surface area contributed by atoms with E-state index in [-0.39, 0.29) is 5.78 Å². The average molecular weight is 174 g/mol. The fourth-order valence-corrected chi connectivity index (χ4v) is 1.63. The third-order valence-corrected chi connectivity index (χ3v) is 2.35. The zero-order valence-electron chi connectivity index (χ0n) is 7.66. The van der Waals surface area contributed by atoms with Crippen molar-refractivity contribution < 1.29 is 4.79 Å². The Morgan fingerprint density at radius 1 is 1.31 bits per heavy atom. The maximum atomic E-state index is 11.3. The molecule has 67 valence electrons. The highest BCUT2D eigenvalue weighted by Crippen LogP contribution is 2.24. The molecule has 1 aromatic carbocycles. The first kappa shape index (κ1) is 8.30. The first-order chi connectivity index (χ1) is 6.27. The van der Waals surface area contributed by atoms with Crippen LogP contribution in [0, 0.1) is 6.54 Å². The van der Waals surface area contributed by atoms with E-state index >= 15 is 0 Å². The van der Waals surface area contributed by atoms with Crippen molar-refractivity contribution in [1.29, 1.82) is 0 Å². The lowest BCUT2D eigenvalue weighted by atomic mass is 10.1. The van der Waals surface area contributed by atoms with Gasteiger partial charge in [0.1, 0.15) is 5.78 Å². The van der Waals surface area contributed by atoms with Crippen molar-refractivity contribution in [3.63, 3.8) is 0 Å². The number of Topliss-reactive ketones (excluding diaryl/α,β-unsaturated/α-hetero) is 1. The van der Waals surface area contributed by atoms with Gasteiger partial charge in [0.15, 0.2) is 0 Å². The molecule has 1 aliphatic heterocycles. The molecule has 0 atom stereocenters. The summed E-state index contributed by atoms with van der Waals surface area (Å²) in [6.45, 7) is 1.94. The van der Waals surface area contributed by atoms with E-state index in [0.717, 1.165) is 11.3 Å². The van der Waals surface area contributed by atoms with Gasteiger partial charge >= 0.3 is 0 Å². The molecule has 0 saturated heterocycles. The quantitative estimate of drug-likeness (QED) is 0.597. The van der Waals surface area contributed by atoms with Crippen LogP contribution in [0.2, 0.25) is 0 Å². The molecular formula is C11H12NO. The first-order valence-corrected chi connectivity index (χ1v) is 4.43. The number of carbonyl (C=O) groups is 1. The third kappa shape index (κ3) is 1.57. The van der Waals surface area contributed by atoms with E-state index in [1.54, 1.807) is 0 Å². The molecule has 0 saturated carbocycles. The van der Waals surface area contributed by atoms with Crippen molar-refractivity contribution in [1.82, 2.24) is 0 Å². The molecule has 0 unspecified atom stereocenters. The van der Waals surface area contributed by atoms with Gasteiger partial charge in [0.2, 0.25) is 0 Å². The van der Waals surface area contributed by atoms with Gasteiger partial charge in [0, 0.05) is 25.6 Å². The van der Waals surface area contributed by atoms with Gasteiger partial charge in [0.05, 0.1) is 6.54 Å². The standard InChI is InChI=1S/C11H12NO/c1-12-7-6-10(13)8-9-4-2-3-5-11(9)12/h2-5,7H,6,8H2,1H3. The lowest BCUT2D eigenvalue weighted by molar-refractivity contribution is -0.117. The number of fused-ring (bicyclic) bond motifs is 1. The number of anilines is 1. The maximum Gasteiger partial charge on any atom is 0.139 e. The molecule has 0 bridgehead atoms. The van der Waals surface area contributed by atoms with Crippen LogP contribution in [-0.2, 0) is 11.2 Å². The molecule has 2 heteroatoms. The number of carbonyl (C=O) groups excluding carboxylic acids is 1. The summed E-state index contributed by atoms with van der Waals surface area (Å²) >= 11 is 0. The summed E-state index contributed by atoms with van der Waals surface area (Å²) in [6, 6.07) is 8.04. The van der Waals surface area contributed by atoms with Crippen molar-refractivity contribution in [3.8, 4) is 0 Å². The lowest BCUT2D eigenvalue weighted by Gasteiger charge is -2.17. The number of para-hydroxylation sites is 1. The second kappa shape index (κ2) is 3.21. The van der Waals surface area contributed by atoms with Gasteiger partial charge in [-0.2, -0.15) is 0 Å². The van der Waals surface area contributed by atoms with Gasteiger partial charge in [-0.1, -0.05) is 18.2 Å². The Morgan fingerprint density at radius 2 is 2.08 bits per heavy atom. The predicted octanol–water partition coefficient (Wildman–Crippen LogP) is 1.80. The molecule has 0 aromatic heterocycles. The summed E-state index contributed by atoms with van der Waals surface area (Å²) in [7, 11) is 1.98. The van der Waals surface area contributed by atoms with E-state index in [4.69, 9.17) is 0 Å². The van der Waals surface area contributed by atoms with E-state index in [1.165, 1.54) is 0 Å². The summed E-state index contributed by atoms with van der Waals surface area (Å²) in [4.78, 5) is 13.4. The average Bonchev–Trinajstić information content (AvgIpc) is 2.27. The molecule has 0 aliphatic carbocycles. The van der Waals surface area contributed by atoms with E-state index < -0.39 is 0 Å². The molecule has 0 amide bonds. The highest BCUT2D eigenvalue weighted by atomic mass is 16.1. The Kier molecular flexibility index (Phi) is 2.05. The second-order valence-corrected chi connectivity index (χ2v) is 3.34. The van der Waals surface area contributed by atoms with Crippen LogP contribution in [-0.4, -0.2) is 12.8 Å². The minimum atomic E-state index is 0.289. The third-order valence-electron chi connectivity index (χ3n) is 2.35. The van der Waals surface area contributed by atoms with Crippen LogP contribution < -0.4 is 4.90 Å². The smallest absolute Gasteiger partial charge is 0.139 e. The Labute approximate surface area is 78.2 Å². The molecule has 0 fully saturated rings. The number of ketones is 1. The summed E-state index contributed by atoms with van der Waals surface area (Å²) in [5.41, 5.74) is 2.28. The van der Waals surface area contributed by atoms with Gasteiger partial charge in [-0.3, -0.25) is 4.79 Å². The van der Waals surface area contributed by atoms with Crippen molar-refractivity contribution >= 4 is 11.5 Å². The van der Waals surface area contributed by atoms with Gasteiger partial charge in [-0.25, -0.2) is 0 Å². The number of hydrogen-bond acceptors (Lipinski definition) is 2. The van der Waals surface area contributed by atoms with Gasteiger partial charge < -0.3 is 4.90 Å². The van der Waals surface area contributed by atoms with Crippen molar-refractivity contribution in [2.24, 2.45) is 0 Å². The molecule has 1 heterocycles. The molecule has 0 N–H and O–H groups in total. The van der Waals surface area contributed by atoms with E-state index in [9.17, 15) is 4.79 Å². The zero-order valence-corrected chi connectivity index (χ0v) is 7.66. The number of benzene rings is 1. The lowest BCUT2D eigenvalue weighted by Crippen LogP contribution is -2.12. The van der Waals surface area contributed by atoms with Gasteiger partial charge in [-0.15, -0.1) is 0 Å². The van der Waals surface area contributed by atoms with Crippen LogP contribution in [0.25, 0.3) is 0 Å². The largest absolute Gasteiger partial charge is 0.369 e. The maximum absolute atomic E-state index is 11.3. The zero-order chi connectivity index (χ0) is 9.26. The number of nitrogens with zero attached hydrogens (tertiary/aromatic N) is 1. The minimum absolute atomic E-state index is 0.289. The molecule has 1 aromatic rings. The molecule has 0 spiro atoms. The molecule has 1 aliphatic rings. The molecule has 13 heavy (non-hydrogen) atoms. The van der Waals surface area contributed by atoms with Crippen LogP contribution in [0.15, 0.2) is 24.3 Å². The Bertz CT molecular complexity index is 333. The number of rotatable bonds is 0. The second-order valence-electron chi connectivity index (χ2n) is 3.34. The normalized spacial score (nSPS) is 16.7. The molecular weight excluding hydrogens is 162 g/mol. The summed E-state index contributed by atoms with van der Waals surface area (Å²) in [5.74, 6) is 0.289. The summed E-state index contributed by atoms with van der Waals surface area (Å²) in [5, 5.41) is 0. The fraction of sp³-hybridized carbons (Fsp3) is 0.273. The van der Waals surface area contributed by atoms with E-state index in [0.29, 0.717) is 12.8 Å². The summed E-state index contributed by atoms with van der Waals surface area (Å²) < 4.78 is 0. The highest BCUT2D eigenvalue weighted by molar-refractivity contribution is 5.85. The predicted molar refractivity (Wildman–Crippen MR) is 52.5 cm³/mol. The molecule has 1 radical (unpaired) electrons. The molecule has 2 nitrogen and oxygen atoms in total. The number of hydrogen-bond donors (Lipinski definition) is 0. The Morgan fingerprint density at radius 3 is 2.92 bits per heavy atom. The van der Waals surface area contributed by atoms with E-state index in [2.05, 4.69) is 0 Å². The van der Waals surface area contributed by atoms with Crippen LogP contribution in [0.3, 0.4) is 0 Å². The molecule has 2 rings (SSSR count). The Balaban J connectivity index is 2.43. The van der Waals surface area contributed by atoms with E-state index in [1.807, 2.05) is 42.8 Å². The van der Waals surface area contributed by atoms with Crippen LogP contribution in [0.4, 0.5) is 5.69 Å². The van der Waals surface area contributed by atoms with Crippen LogP contribution in [0.1, 0.15) is 12.0 Å². The van der Waals surface area contributed by atoms with Gasteiger partial charge in [0.25, 0.3) is 0 Å². The fourth-order valence-electron chi connectivity index (χ4n) is 1.63. The van der Waals surface area contributed by atoms with Crippen LogP contribution >= 0.6 is 0 Å². The summed E-state index contributed by atoms with van der Waals surface area (Å²) in [6.07, 6.45) is 1.11. The minimum Gasteiger partial charge on any atom is -0.369 e. The Hall–Kier alpha value is -1.31. The first-order valence-electron chi connectivity index (χ1n) is 4.43. The van der Waals surface area contributed by atoms with Crippen molar-refractivity contribution in [3.05, 3.63) is 36.4 Å². The highest BCUT2D eigenvalue weighted by Gasteiger charge is 2.16. The van der Waals surface area contributed by atoms with Crippen LogP contribution in [0.5, 0.6) is 0 Å². The van der Waals surface area contributed by atoms with Crippen molar-refractivity contribution in [2.75, 3.05) is 11.9 Å².